The van der Waals surface area contributed by atoms with Crippen LogP contribution in [0.4, 0.5) is 5.69 Å². The summed E-state index contributed by atoms with van der Waals surface area (Å²) >= 11 is 0. The molecule has 1 aromatic heterocycles. The second kappa shape index (κ2) is 4.18. The molecule has 0 fully saturated rings. The highest BCUT2D eigenvalue weighted by Crippen LogP contribution is 2.22. The number of aryl methyl sites for hydroxylation is 1. The largest absolute Gasteiger partial charge is 0.348 e. The summed E-state index contributed by atoms with van der Waals surface area (Å²) in [5.74, 6) is -0.0732. The molecule has 2 aromatic rings. The lowest BCUT2D eigenvalue weighted by Gasteiger charge is -2.04. The molecule has 2 N–H and O–H groups in total. The molecule has 82 valence electrons. The summed E-state index contributed by atoms with van der Waals surface area (Å²) in [6.45, 7) is 3.46. The van der Waals surface area contributed by atoms with Crippen LogP contribution in [0.1, 0.15) is 12.6 Å². The Morgan fingerprint density at radius 3 is 2.88 bits per heavy atom. The quantitative estimate of drug-likeness (QED) is 0.807. The summed E-state index contributed by atoms with van der Waals surface area (Å²) in [6, 6.07) is 7.63. The van der Waals surface area contributed by atoms with Crippen molar-refractivity contribution in [2.24, 2.45) is 0 Å². The molecular formula is C12H13N3O. The number of anilines is 1. The zero-order valence-corrected chi connectivity index (χ0v) is 9.24. The highest BCUT2D eigenvalue weighted by molar-refractivity contribution is 5.89. The molecule has 0 radical (unpaired) electrons. The molecule has 0 aliphatic carbocycles. The van der Waals surface area contributed by atoms with Crippen LogP contribution in [0.3, 0.4) is 0 Å². The molecule has 0 aliphatic rings. The number of hydrogen-bond acceptors (Lipinski definition) is 2. The summed E-state index contributed by atoms with van der Waals surface area (Å²) in [4.78, 5) is 18.2. The fraction of sp³-hybridized carbons (Fsp3) is 0.167. The summed E-state index contributed by atoms with van der Waals surface area (Å²) in [5, 5.41) is 2.75. The fourth-order valence-electron chi connectivity index (χ4n) is 1.60. The van der Waals surface area contributed by atoms with E-state index < -0.39 is 0 Å². The monoisotopic (exact) mass is 215 g/mol. The van der Waals surface area contributed by atoms with Gasteiger partial charge in [0.05, 0.1) is 12.0 Å². The second-order valence-corrected chi connectivity index (χ2v) is 3.64. The summed E-state index contributed by atoms with van der Waals surface area (Å²) in [6.07, 6.45) is 1.66. The first-order valence-electron chi connectivity index (χ1n) is 5.05. The van der Waals surface area contributed by atoms with Crippen LogP contribution in [0.5, 0.6) is 0 Å². The molecule has 0 spiro atoms. The highest BCUT2D eigenvalue weighted by atomic mass is 16.1. The van der Waals surface area contributed by atoms with Gasteiger partial charge in [-0.05, 0) is 19.1 Å². The highest BCUT2D eigenvalue weighted by Gasteiger charge is 2.05. The third-order valence-electron chi connectivity index (χ3n) is 2.29. The van der Waals surface area contributed by atoms with Crippen LogP contribution in [0, 0.1) is 6.92 Å². The van der Waals surface area contributed by atoms with E-state index in [0.717, 1.165) is 22.6 Å². The number of rotatable bonds is 2. The number of nitrogens with one attached hydrogen (secondary N) is 2. The SMILES string of the molecule is CC(=O)Nc1cccc(-c2nc[nH]c2C)c1. The molecule has 4 heteroatoms. The van der Waals surface area contributed by atoms with E-state index in [1.54, 1.807) is 6.33 Å². The van der Waals surface area contributed by atoms with Gasteiger partial charge in [0.25, 0.3) is 0 Å². The number of carbonyl (C=O) groups is 1. The van der Waals surface area contributed by atoms with E-state index in [1.807, 2.05) is 31.2 Å². The minimum absolute atomic E-state index is 0.0732. The van der Waals surface area contributed by atoms with Gasteiger partial charge < -0.3 is 10.3 Å². The third kappa shape index (κ3) is 2.11. The van der Waals surface area contributed by atoms with Crippen molar-refractivity contribution in [3.05, 3.63) is 36.3 Å². The first-order valence-corrected chi connectivity index (χ1v) is 5.05. The van der Waals surface area contributed by atoms with Gasteiger partial charge in [0, 0.05) is 23.9 Å². The van der Waals surface area contributed by atoms with Crippen LogP contribution in [0.25, 0.3) is 11.3 Å². The number of H-pyrrole nitrogens is 1. The number of aromatic nitrogens is 2. The first kappa shape index (κ1) is 10.4. The van der Waals surface area contributed by atoms with Crippen molar-refractivity contribution >= 4 is 11.6 Å². The normalized spacial score (nSPS) is 10.1. The van der Waals surface area contributed by atoms with Crippen molar-refractivity contribution in [1.82, 2.24) is 9.97 Å². The summed E-state index contributed by atoms with van der Waals surface area (Å²) in [7, 11) is 0. The van der Waals surface area contributed by atoms with E-state index >= 15 is 0 Å². The van der Waals surface area contributed by atoms with Crippen LogP contribution < -0.4 is 5.32 Å². The van der Waals surface area contributed by atoms with Crippen LogP contribution >= 0.6 is 0 Å². The summed E-state index contributed by atoms with van der Waals surface area (Å²) < 4.78 is 0. The predicted octanol–water partition coefficient (Wildman–Crippen LogP) is 2.34. The molecule has 0 bridgehead atoms. The van der Waals surface area contributed by atoms with E-state index in [1.165, 1.54) is 6.92 Å². The second-order valence-electron chi connectivity index (χ2n) is 3.64. The van der Waals surface area contributed by atoms with Gasteiger partial charge in [-0.25, -0.2) is 4.98 Å². The smallest absolute Gasteiger partial charge is 0.221 e. The number of carbonyl (C=O) groups excluding carboxylic acids is 1. The number of imidazole rings is 1. The van der Waals surface area contributed by atoms with Crippen LogP contribution in [0.15, 0.2) is 30.6 Å². The minimum atomic E-state index is -0.0732. The van der Waals surface area contributed by atoms with Gasteiger partial charge in [0.1, 0.15) is 0 Å². The lowest BCUT2D eigenvalue weighted by atomic mass is 10.1. The third-order valence-corrected chi connectivity index (χ3v) is 2.29. The molecule has 0 saturated heterocycles. The first-order chi connectivity index (χ1) is 7.66. The molecule has 0 aliphatic heterocycles. The summed E-state index contributed by atoms with van der Waals surface area (Å²) in [5.41, 5.74) is 3.70. The van der Waals surface area contributed by atoms with Crippen LogP contribution in [-0.4, -0.2) is 15.9 Å². The maximum Gasteiger partial charge on any atom is 0.221 e. The van der Waals surface area contributed by atoms with Gasteiger partial charge >= 0.3 is 0 Å². The van der Waals surface area contributed by atoms with Crippen molar-refractivity contribution in [2.75, 3.05) is 5.32 Å². The van der Waals surface area contributed by atoms with Crippen molar-refractivity contribution in [3.8, 4) is 11.3 Å². The number of nitrogens with zero attached hydrogens (tertiary/aromatic N) is 1. The van der Waals surface area contributed by atoms with E-state index in [2.05, 4.69) is 15.3 Å². The zero-order valence-electron chi connectivity index (χ0n) is 9.24. The fourth-order valence-corrected chi connectivity index (χ4v) is 1.60. The number of aromatic amines is 1. The van der Waals surface area contributed by atoms with Gasteiger partial charge in [-0.3, -0.25) is 4.79 Å². The Labute approximate surface area is 93.7 Å². The molecule has 2 rings (SSSR count). The molecule has 4 nitrogen and oxygen atoms in total. The molecule has 0 atom stereocenters. The molecule has 1 aromatic carbocycles. The molecule has 0 unspecified atom stereocenters. The van der Waals surface area contributed by atoms with Crippen molar-refractivity contribution in [3.63, 3.8) is 0 Å². The lowest BCUT2D eigenvalue weighted by Crippen LogP contribution is -2.05. The predicted molar refractivity (Wildman–Crippen MR) is 63.1 cm³/mol. The Balaban J connectivity index is 2.36. The molecular weight excluding hydrogens is 202 g/mol. The van der Waals surface area contributed by atoms with Crippen molar-refractivity contribution in [2.45, 2.75) is 13.8 Å². The van der Waals surface area contributed by atoms with E-state index in [9.17, 15) is 4.79 Å². The standard InChI is InChI=1S/C12H13N3O/c1-8-12(14-7-13-8)10-4-3-5-11(6-10)15-9(2)16/h3-7H,1-2H3,(H,13,14)(H,15,16). The van der Waals surface area contributed by atoms with Gasteiger partial charge in [-0.2, -0.15) is 0 Å². The Hall–Kier alpha value is -2.10. The minimum Gasteiger partial charge on any atom is -0.348 e. The molecule has 1 heterocycles. The average molecular weight is 215 g/mol. The maximum atomic E-state index is 10.9. The van der Waals surface area contributed by atoms with Crippen molar-refractivity contribution in [1.29, 1.82) is 0 Å². The van der Waals surface area contributed by atoms with Gasteiger partial charge in [0.2, 0.25) is 5.91 Å². The number of amides is 1. The van der Waals surface area contributed by atoms with Crippen LogP contribution in [0.2, 0.25) is 0 Å². The Morgan fingerprint density at radius 2 is 2.25 bits per heavy atom. The van der Waals surface area contributed by atoms with E-state index in [4.69, 9.17) is 0 Å². The van der Waals surface area contributed by atoms with Gasteiger partial charge in [0.15, 0.2) is 0 Å². The molecule has 1 amide bonds. The van der Waals surface area contributed by atoms with Gasteiger partial charge in [-0.15, -0.1) is 0 Å². The number of benzene rings is 1. The van der Waals surface area contributed by atoms with E-state index in [0.29, 0.717) is 0 Å². The Morgan fingerprint density at radius 1 is 1.44 bits per heavy atom. The Kier molecular flexibility index (Phi) is 2.72. The van der Waals surface area contributed by atoms with Crippen molar-refractivity contribution < 1.29 is 4.79 Å². The Bertz CT molecular complexity index is 516. The zero-order chi connectivity index (χ0) is 11.5. The molecule has 16 heavy (non-hydrogen) atoms. The number of hydrogen-bond donors (Lipinski definition) is 2. The average Bonchev–Trinajstić information content (AvgIpc) is 2.64. The molecule has 0 saturated carbocycles. The topological polar surface area (TPSA) is 57.8 Å². The maximum absolute atomic E-state index is 10.9. The van der Waals surface area contributed by atoms with E-state index in [-0.39, 0.29) is 5.91 Å². The van der Waals surface area contributed by atoms with Crippen LogP contribution in [-0.2, 0) is 4.79 Å². The van der Waals surface area contributed by atoms with Gasteiger partial charge in [-0.1, -0.05) is 12.1 Å². The lowest BCUT2D eigenvalue weighted by molar-refractivity contribution is -0.114.